The molecule has 0 aliphatic carbocycles. The van der Waals surface area contributed by atoms with Crippen molar-refractivity contribution >= 4 is 28.2 Å². The van der Waals surface area contributed by atoms with Gasteiger partial charge in [-0.3, -0.25) is 4.79 Å². The molecule has 1 aromatic heterocycles. The number of carbonyl (C=O) groups is 2. The van der Waals surface area contributed by atoms with Crippen molar-refractivity contribution in [2.45, 2.75) is 20.0 Å². The van der Waals surface area contributed by atoms with Gasteiger partial charge in [0.15, 0.2) is 6.10 Å². The van der Waals surface area contributed by atoms with Crippen molar-refractivity contribution in [1.29, 1.82) is 0 Å². The Morgan fingerprint density at radius 2 is 1.86 bits per heavy atom. The lowest BCUT2D eigenvalue weighted by Crippen LogP contribution is -2.29. The minimum absolute atomic E-state index is 0.178. The van der Waals surface area contributed by atoms with Crippen LogP contribution in [-0.2, 0) is 4.79 Å². The van der Waals surface area contributed by atoms with E-state index < -0.39 is 12.1 Å². The first-order valence-corrected chi connectivity index (χ1v) is 7.14. The summed E-state index contributed by atoms with van der Waals surface area (Å²) < 4.78 is 5.53. The van der Waals surface area contributed by atoms with E-state index in [1.807, 2.05) is 19.1 Å². The van der Waals surface area contributed by atoms with Gasteiger partial charge in [-0.05, 0) is 38.1 Å². The van der Waals surface area contributed by atoms with Crippen molar-refractivity contribution in [3.63, 3.8) is 0 Å². The van der Waals surface area contributed by atoms with Crippen molar-refractivity contribution in [1.82, 2.24) is 0 Å². The SMILES string of the molecule is Cc1ccc(OC(C)C(=O)Nc2ccc(C(=O)O)s2)cc1. The van der Waals surface area contributed by atoms with E-state index in [0.29, 0.717) is 10.8 Å². The average Bonchev–Trinajstić information content (AvgIpc) is 2.90. The van der Waals surface area contributed by atoms with Crippen molar-refractivity contribution in [3.8, 4) is 5.75 Å². The number of rotatable bonds is 5. The Morgan fingerprint density at radius 3 is 2.43 bits per heavy atom. The highest BCUT2D eigenvalue weighted by molar-refractivity contribution is 7.18. The predicted octanol–water partition coefficient (Wildman–Crippen LogP) is 3.16. The number of benzene rings is 1. The van der Waals surface area contributed by atoms with E-state index in [1.165, 1.54) is 6.07 Å². The van der Waals surface area contributed by atoms with Gasteiger partial charge in [-0.25, -0.2) is 4.79 Å². The Bertz CT molecular complexity index is 648. The molecule has 6 heteroatoms. The smallest absolute Gasteiger partial charge is 0.345 e. The second-order valence-electron chi connectivity index (χ2n) is 4.53. The van der Waals surface area contributed by atoms with E-state index in [-0.39, 0.29) is 10.8 Å². The number of aromatic carboxylic acids is 1. The van der Waals surface area contributed by atoms with Gasteiger partial charge in [-0.1, -0.05) is 17.7 Å². The zero-order chi connectivity index (χ0) is 15.4. The van der Waals surface area contributed by atoms with E-state index >= 15 is 0 Å². The summed E-state index contributed by atoms with van der Waals surface area (Å²) in [6.45, 7) is 3.61. The van der Waals surface area contributed by atoms with E-state index in [2.05, 4.69) is 5.32 Å². The van der Waals surface area contributed by atoms with Gasteiger partial charge in [0.1, 0.15) is 10.6 Å². The maximum Gasteiger partial charge on any atom is 0.345 e. The highest BCUT2D eigenvalue weighted by atomic mass is 32.1. The van der Waals surface area contributed by atoms with E-state index in [1.54, 1.807) is 25.1 Å². The van der Waals surface area contributed by atoms with Gasteiger partial charge >= 0.3 is 5.97 Å². The summed E-state index contributed by atoms with van der Waals surface area (Å²) in [6, 6.07) is 10.4. The largest absolute Gasteiger partial charge is 0.481 e. The summed E-state index contributed by atoms with van der Waals surface area (Å²) in [5, 5.41) is 12.0. The molecule has 2 N–H and O–H groups in total. The summed E-state index contributed by atoms with van der Waals surface area (Å²) in [7, 11) is 0. The van der Waals surface area contributed by atoms with E-state index in [4.69, 9.17) is 9.84 Å². The molecule has 0 saturated heterocycles. The molecule has 2 aromatic rings. The molecule has 0 aliphatic heterocycles. The van der Waals surface area contributed by atoms with Crippen LogP contribution in [0, 0.1) is 6.92 Å². The van der Waals surface area contributed by atoms with Crippen LogP contribution in [0.2, 0.25) is 0 Å². The number of hydrogen-bond donors (Lipinski definition) is 2. The number of anilines is 1. The lowest BCUT2D eigenvalue weighted by molar-refractivity contribution is -0.122. The molecule has 21 heavy (non-hydrogen) atoms. The number of carboxylic acid groups (broad SMARTS) is 1. The second-order valence-corrected chi connectivity index (χ2v) is 5.62. The van der Waals surface area contributed by atoms with Gasteiger partial charge in [0.05, 0.1) is 5.00 Å². The van der Waals surface area contributed by atoms with Gasteiger partial charge in [0, 0.05) is 0 Å². The molecule has 5 nitrogen and oxygen atoms in total. The molecule has 1 atom stereocenters. The molecule has 110 valence electrons. The number of carboxylic acids is 1. The van der Waals surface area contributed by atoms with Gasteiger partial charge in [0.25, 0.3) is 5.91 Å². The quantitative estimate of drug-likeness (QED) is 0.889. The van der Waals surface area contributed by atoms with Crippen LogP contribution in [0.4, 0.5) is 5.00 Å². The lowest BCUT2D eigenvalue weighted by Gasteiger charge is -2.14. The van der Waals surface area contributed by atoms with Gasteiger partial charge < -0.3 is 15.2 Å². The van der Waals surface area contributed by atoms with Crippen LogP contribution in [0.15, 0.2) is 36.4 Å². The first-order valence-electron chi connectivity index (χ1n) is 6.33. The summed E-state index contributed by atoms with van der Waals surface area (Å²) in [4.78, 5) is 22.9. The molecule has 1 heterocycles. The van der Waals surface area contributed by atoms with Crippen molar-refractivity contribution in [3.05, 3.63) is 46.8 Å². The Labute approximate surface area is 126 Å². The van der Waals surface area contributed by atoms with Crippen LogP contribution in [0.5, 0.6) is 5.75 Å². The van der Waals surface area contributed by atoms with E-state index in [9.17, 15) is 9.59 Å². The van der Waals surface area contributed by atoms with Crippen LogP contribution in [-0.4, -0.2) is 23.1 Å². The molecule has 0 spiro atoms. The summed E-state index contributed by atoms with van der Waals surface area (Å²) in [5.41, 5.74) is 1.11. The van der Waals surface area contributed by atoms with Crippen molar-refractivity contribution in [2.75, 3.05) is 5.32 Å². The number of carbonyl (C=O) groups excluding carboxylic acids is 1. The Morgan fingerprint density at radius 1 is 1.19 bits per heavy atom. The van der Waals surface area contributed by atoms with Gasteiger partial charge in [-0.15, -0.1) is 11.3 Å². The maximum absolute atomic E-state index is 12.0. The molecule has 0 radical (unpaired) electrons. The third kappa shape index (κ3) is 4.06. The number of ether oxygens (including phenoxy) is 1. The first-order chi connectivity index (χ1) is 9.95. The van der Waals surface area contributed by atoms with Gasteiger partial charge in [0.2, 0.25) is 0 Å². The zero-order valence-corrected chi connectivity index (χ0v) is 12.4. The molecule has 1 amide bonds. The highest BCUT2D eigenvalue weighted by Crippen LogP contribution is 2.22. The number of thiophene rings is 1. The molecule has 0 fully saturated rings. The predicted molar refractivity (Wildman–Crippen MR) is 81.2 cm³/mol. The van der Waals surface area contributed by atoms with Gasteiger partial charge in [-0.2, -0.15) is 0 Å². The third-order valence-electron chi connectivity index (χ3n) is 2.77. The molecule has 1 aromatic carbocycles. The first kappa shape index (κ1) is 15.1. The standard InChI is InChI=1S/C15H15NO4S/c1-9-3-5-11(6-4-9)20-10(2)14(17)16-13-8-7-12(21-13)15(18)19/h3-8,10H,1-2H3,(H,16,17)(H,18,19). The lowest BCUT2D eigenvalue weighted by atomic mass is 10.2. The molecule has 0 bridgehead atoms. The summed E-state index contributed by atoms with van der Waals surface area (Å²) in [5.74, 6) is -0.723. The normalized spacial score (nSPS) is 11.7. The Hall–Kier alpha value is -2.34. The fourth-order valence-corrected chi connectivity index (χ4v) is 2.37. The molecular formula is C15H15NO4S. The van der Waals surface area contributed by atoms with E-state index in [0.717, 1.165) is 16.9 Å². The average molecular weight is 305 g/mol. The van der Waals surface area contributed by atoms with Crippen LogP contribution < -0.4 is 10.1 Å². The van der Waals surface area contributed by atoms with Crippen LogP contribution in [0.1, 0.15) is 22.2 Å². The summed E-state index contributed by atoms with van der Waals surface area (Å²) in [6.07, 6.45) is -0.678. The number of hydrogen-bond acceptors (Lipinski definition) is 4. The van der Waals surface area contributed by atoms with Crippen LogP contribution in [0.25, 0.3) is 0 Å². The Balaban J connectivity index is 1.95. The minimum Gasteiger partial charge on any atom is -0.481 e. The topological polar surface area (TPSA) is 75.6 Å². The highest BCUT2D eigenvalue weighted by Gasteiger charge is 2.16. The fraction of sp³-hybridized carbons (Fsp3) is 0.200. The fourth-order valence-electron chi connectivity index (χ4n) is 1.62. The summed E-state index contributed by atoms with van der Waals surface area (Å²) >= 11 is 1.01. The second kappa shape index (κ2) is 6.41. The van der Waals surface area contributed by atoms with Crippen molar-refractivity contribution < 1.29 is 19.4 Å². The van der Waals surface area contributed by atoms with Crippen LogP contribution >= 0.6 is 11.3 Å². The maximum atomic E-state index is 12.0. The molecule has 0 saturated carbocycles. The number of nitrogens with one attached hydrogen (secondary N) is 1. The monoisotopic (exact) mass is 305 g/mol. The third-order valence-corrected chi connectivity index (χ3v) is 3.75. The van der Waals surface area contributed by atoms with Crippen molar-refractivity contribution in [2.24, 2.45) is 0 Å². The number of amides is 1. The Kier molecular flexibility index (Phi) is 4.59. The minimum atomic E-state index is -1.01. The zero-order valence-electron chi connectivity index (χ0n) is 11.6. The molecule has 1 unspecified atom stereocenters. The van der Waals surface area contributed by atoms with Crippen LogP contribution in [0.3, 0.4) is 0 Å². The number of aryl methyl sites for hydroxylation is 1. The molecule has 2 rings (SSSR count). The molecule has 0 aliphatic rings. The molecular weight excluding hydrogens is 290 g/mol.